The molecule has 0 saturated carbocycles. The Labute approximate surface area is 89.8 Å². The number of nitrogens with zero attached hydrogens (tertiary/aromatic N) is 1. The molecule has 1 fully saturated rings. The van der Waals surface area contributed by atoms with E-state index in [1.165, 1.54) is 0 Å². The average molecular weight is 214 g/mol. The molecule has 1 aliphatic heterocycles. The van der Waals surface area contributed by atoms with Gasteiger partial charge in [0, 0.05) is 19.5 Å². The fourth-order valence-electron chi connectivity index (χ4n) is 1.58. The van der Waals surface area contributed by atoms with Gasteiger partial charge in [-0.25, -0.2) is 0 Å². The van der Waals surface area contributed by atoms with Gasteiger partial charge in [0.25, 0.3) is 0 Å². The summed E-state index contributed by atoms with van der Waals surface area (Å²) >= 11 is 0. The molecule has 86 valence electrons. The second-order valence-electron chi connectivity index (χ2n) is 3.89. The Morgan fingerprint density at radius 1 is 1.47 bits per heavy atom. The molecular weight excluding hydrogens is 196 g/mol. The Hall–Kier alpha value is -1.10. The van der Waals surface area contributed by atoms with Crippen LogP contribution in [0.1, 0.15) is 13.8 Å². The highest BCUT2D eigenvalue weighted by molar-refractivity contribution is 5.88. The van der Waals surface area contributed by atoms with Crippen molar-refractivity contribution in [2.75, 3.05) is 26.8 Å². The van der Waals surface area contributed by atoms with Gasteiger partial charge in [-0.1, -0.05) is 13.8 Å². The van der Waals surface area contributed by atoms with E-state index in [1.807, 2.05) is 13.8 Å². The number of hydrogen-bond acceptors (Lipinski definition) is 3. The van der Waals surface area contributed by atoms with Crippen molar-refractivity contribution in [2.45, 2.75) is 19.9 Å². The number of amides is 2. The molecule has 5 nitrogen and oxygen atoms in total. The van der Waals surface area contributed by atoms with E-state index >= 15 is 0 Å². The maximum absolute atomic E-state index is 11.8. The third kappa shape index (κ3) is 2.68. The van der Waals surface area contributed by atoms with Crippen LogP contribution < -0.4 is 5.32 Å². The van der Waals surface area contributed by atoms with Gasteiger partial charge in [0.1, 0.15) is 6.04 Å². The first-order chi connectivity index (χ1) is 7.07. The SMILES string of the molecule is CNC(=O)C1COCCN1C(=O)C(C)C. The minimum Gasteiger partial charge on any atom is -0.377 e. The molecular formula is C10H18N2O3. The maximum Gasteiger partial charge on any atom is 0.244 e. The summed E-state index contributed by atoms with van der Waals surface area (Å²) in [6.45, 7) is 4.95. The zero-order chi connectivity index (χ0) is 11.4. The Balaban J connectivity index is 2.73. The van der Waals surface area contributed by atoms with Crippen LogP contribution in [0.15, 0.2) is 0 Å². The quantitative estimate of drug-likeness (QED) is 0.681. The van der Waals surface area contributed by atoms with Crippen LogP contribution in [0.3, 0.4) is 0 Å². The molecule has 15 heavy (non-hydrogen) atoms. The number of ether oxygens (including phenoxy) is 1. The predicted molar refractivity (Wildman–Crippen MR) is 55.2 cm³/mol. The summed E-state index contributed by atoms with van der Waals surface area (Å²) in [5.41, 5.74) is 0. The first-order valence-corrected chi connectivity index (χ1v) is 5.17. The molecule has 1 atom stereocenters. The van der Waals surface area contributed by atoms with Crippen molar-refractivity contribution in [1.29, 1.82) is 0 Å². The zero-order valence-corrected chi connectivity index (χ0v) is 9.45. The van der Waals surface area contributed by atoms with Gasteiger partial charge in [-0.2, -0.15) is 0 Å². The maximum atomic E-state index is 11.8. The van der Waals surface area contributed by atoms with Crippen molar-refractivity contribution in [3.8, 4) is 0 Å². The summed E-state index contributed by atoms with van der Waals surface area (Å²) in [6.07, 6.45) is 0. The van der Waals surface area contributed by atoms with Gasteiger partial charge in [-0.3, -0.25) is 9.59 Å². The second kappa shape index (κ2) is 5.11. The number of carbonyl (C=O) groups is 2. The molecule has 1 rings (SSSR count). The van der Waals surface area contributed by atoms with E-state index in [9.17, 15) is 9.59 Å². The molecule has 0 aromatic rings. The number of nitrogens with one attached hydrogen (secondary N) is 1. The van der Waals surface area contributed by atoms with Gasteiger partial charge in [-0.05, 0) is 0 Å². The van der Waals surface area contributed by atoms with Crippen LogP contribution in [-0.2, 0) is 14.3 Å². The highest BCUT2D eigenvalue weighted by atomic mass is 16.5. The monoisotopic (exact) mass is 214 g/mol. The third-order valence-electron chi connectivity index (χ3n) is 2.45. The van der Waals surface area contributed by atoms with Crippen molar-refractivity contribution < 1.29 is 14.3 Å². The van der Waals surface area contributed by atoms with Crippen molar-refractivity contribution in [3.63, 3.8) is 0 Å². The van der Waals surface area contributed by atoms with Crippen LogP contribution in [0, 0.1) is 5.92 Å². The molecule has 2 amide bonds. The van der Waals surface area contributed by atoms with E-state index in [2.05, 4.69) is 5.32 Å². The minimum atomic E-state index is -0.473. The molecule has 1 unspecified atom stereocenters. The molecule has 0 aliphatic carbocycles. The van der Waals surface area contributed by atoms with Gasteiger partial charge in [-0.15, -0.1) is 0 Å². The number of rotatable bonds is 2. The summed E-state index contributed by atoms with van der Waals surface area (Å²) in [4.78, 5) is 24.9. The van der Waals surface area contributed by atoms with E-state index in [1.54, 1.807) is 11.9 Å². The van der Waals surface area contributed by atoms with E-state index < -0.39 is 6.04 Å². The van der Waals surface area contributed by atoms with E-state index in [4.69, 9.17) is 4.74 Å². The molecule has 1 saturated heterocycles. The number of hydrogen-bond donors (Lipinski definition) is 1. The largest absolute Gasteiger partial charge is 0.377 e. The lowest BCUT2D eigenvalue weighted by atomic mass is 10.1. The Kier molecular flexibility index (Phi) is 4.08. The molecule has 0 aromatic carbocycles. The number of likely N-dealkylation sites (N-methyl/N-ethyl adjacent to an activating group) is 1. The average Bonchev–Trinajstić information content (AvgIpc) is 2.27. The number of morpholine rings is 1. The lowest BCUT2D eigenvalue weighted by Crippen LogP contribution is -2.56. The standard InChI is InChI=1S/C10H18N2O3/c1-7(2)10(14)12-4-5-15-6-8(12)9(13)11-3/h7-8H,4-6H2,1-3H3,(H,11,13). The first kappa shape index (κ1) is 12.0. The van der Waals surface area contributed by atoms with Crippen LogP contribution >= 0.6 is 0 Å². The second-order valence-corrected chi connectivity index (χ2v) is 3.89. The molecule has 1 aliphatic rings. The smallest absolute Gasteiger partial charge is 0.244 e. The number of carbonyl (C=O) groups excluding carboxylic acids is 2. The fraction of sp³-hybridized carbons (Fsp3) is 0.800. The van der Waals surface area contributed by atoms with Crippen molar-refractivity contribution in [2.24, 2.45) is 5.92 Å². The summed E-state index contributed by atoms with van der Waals surface area (Å²) in [5, 5.41) is 2.55. The third-order valence-corrected chi connectivity index (χ3v) is 2.45. The van der Waals surface area contributed by atoms with Gasteiger partial charge < -0.3 is 15.0 Å². The zero-order valence-electron chi connectivity index (χ0n) is 9.45. The van der Waals surface area contributed by atoms with Gasteiger partial charge >= 0.3 is 0 Å². The predicted octanol–water partition coefficient (Wildman–Crippen LogP) is -0.384. The topological polar surface area (TPSA) is 58.6 Å². The minimum absolute atomic E-state index is 0.00639. The van der Waals surface area contributed by atoms with Gasteiger partial charge in [0.15, 0.2) is 0 Å². The lowest BCUT2D eigenvalue weighted by molar-refractivity contribution is -0.150. The van der Waals surface area contributed by atoms with Crippen molar-refractivity contribution in [3.05, 3.63) is 0 Å². The molecule has 0 radical (unpaired) electrons. The molecule has 0 bridgehead atoms. The highest BCUT2D eigenvalue weighted by Gasteiger charge is 2.32. The summed E-state index contributed by atoms with van der Waals surface area (Å²) in [7, 11) is 1.56. The Bertz CT molecular complexity index is 253. The van der Waals surface area contributed by atoms with E-state index in [-0.39, 0.29) is 24.3 Å². The summed E-state index contributed by atoms with van der Waals surface area (Å²) in [6, 6.07) is -0.473. The van der Waals surface area contributed by atoms with Crippen LogP contribution in [0.5, 0.6) is 0 Å². The first-order valence-electron chi connectivity index (χ1n) is 5.17. The molecule has 0 aromatic heterocycles. The van der Waals surface area contributed by atoms with Crippen LogP contribution in [-0.4, -0.2) is 49.6 Å². The molecule has 0 spiro atoms. The van der Waals surface area contributed by atoms with Crippen molar-refractivity contribution >= 4 is 11.8 Å². The van der Waals surface area contributed by atoms with Gasteiger partial charge in [0.2, 0.25) is 11.8 Å². The van der Waals surface area contributed by atoms with Gasteiger partial charge in [0.05, 0.1) is 13.2 Å². The highest BCUT2D eigenvalue weighted by Crippen LogP contribution is 2.11. The van der Waals surface area contributed by atoms with Crippen LogP contribution in [0.4, 0.5) is 0 Å². The molecule has 1 heterocycles. The van der Waals surface area contributed by atoms with Crippen LogP contribution in [0.25, 0.3) is 0 Å². The fourth-order valence-corrected chi connectivity index (χ4v) is 1.58. The normalized spacial score (nSPS) is 21.6. The van der Waals surface area contributed by atoms with Crippen LogP contribution in [0.2, 0.25) is 0 Å². The Morgan fingerprint density at radius 2 is 2.13 bits per heavy atom. The summed E-state index contributed by atoms with van der Waals surface area (Å²) < 4.78 is 5.21. The summed E-state index contributed by atoms with van der Waals surface area (Å²) in [5.74, 6) is -0.245. The molecule has 1 N–H and O–H groups in total. The Morgan fingerprint density at radius 3 is 2.67 bits per heavy atom. The molecule has 5 heteroatoms. The van der Waals surface area contributed by atoms with E-state index in [0.29, 0.717) is 13.2 Å². The van der Waals surface area contributed by atoms with Crippen molar-refractivity contribution in [1.82, 2.24) is 10.2 Å². The van der Waals surface area contributed by atoms with E-state index in [0.717, 1.165) is 0 Å². The lowest BCUT2D eigenvalue weighted by Gasteiger charge is -2.35.